The van der Waals surface area contributed by atoms with Crippen LogP contribution in [0.1, 0.15) is 25.8 Å². The van der Waals surface area contributed by atoms with E-state index in [1.54, 1.807) is 20.2 Å². The second kappa shape index (κ2) is 8.41. The van der Waals surface area contributed by atoms with E-state index in [1.807, 2.05) is 39.0 Å². The number of benzene rings is 1. The molecule has 0 heterocycles. The van der Waals surface area contributed by atoms with Gasteiger partial charge in [-0.05, 0) is 37.0 Å². The summed E-state index contributed by atoms with van der Waals surface area (Å²) in [5.41, 5.74) is 1.07. The number of aryl methyl sites for hydroxylation is 1. The van der Waals surface area contributed by atoms with Crippen molar-refractivity contribution in [2.24, 2.45) is 5.92 Å². The molecule has 1 atom stereocenters. The monoisotopic (exact) mass is 306 g/mol. The van der Waals surface area contributed by atoms with Gasteiger partial charge in [-0.25, -0.2) is 0 Å². The highest BCUT2D eigenvalue weighted by Crippen LogP contribution is 2.12. The molecule has 2 amide bonds. The largest absolute Gasteiger partial charge is 0.484 e. The van der Waals surface area contributed by atoms with E-state index in [-0.39, 0.29) is 18.4 Å². The van der Waals surface area contributed by atoms with E-state index in [0.717, 1.165) is 5.56 Å². The molecule has 0 bridgehead atoms. The molecule has 122 valence electrons. The molecular formula is C17H26N2O3. The lowest BCUT2D eigenvalue weighted by atomic mass is 10.0. The van der Waals surface area contributed by atoms with Crippen LogP contribution in [0.3, 0.4) is 0 Å². The van der Waals surface area contributed by atoms with Gasteiger partial charge in [0, 0.05) is 14.1 Å². The van der Waals surface area contributed by atoms with E-state index in [4.69, 9.17) is 4.74 Å². The third-order valence-corrected chi connectivity index (χ3v) is 3.14. The van der Waals surface area contributed by atoms with Gasteiger partial charge in [0.25, 0.3) is 5.91 Å². The van der Waals surface area contributed by atoms with E-state index in [0.29, 0.717) is 18.1 Å². The van der Waals surface area contributed by atoms with Gasteiger partial charge in [-0.2, -0.15) is 0 Å². The number of ether oxygens (including phenoxy) is 1. The first kappa shape index (κ1) is 18.0. The molecule has 5 nitrogen and oxygen atoms in total. The first-order valence-corrected chi connectivity index (χ1v) is 7.49. The fraction of sp³-hybridized carbons (Fsp3) is 0.529. The SMILES string of the molecule is Cc1cccc(OCC(=O)N[C@@H](CC(C)C)C(=O)N(C)C)c1. The maximum absolute atomic E-state index is 12.1. The summed E-state index contributed by atoms with van der Waals surface area (Å²) in [4.78, 5) is 25.6. The third-order valence-electron chi connectivity index (χ3n) is 3.14. The van der Waals surface area contributed by atoms with Gasteiger partial charge in [-0.1, -0.05) is 26.0 Å². The van der Waals surface area contributed by atoms with Crippen molar-refractivity contribution in [1.82, 2.24) is 10.2 Å². The van der Waals surface area contributed by atoms with Gasteiger partial charge in [-0.15, -0.1) is 0 Å². The van der Waals surface area contributed by atoms with E-state index < -0.39 is 6.04 Å². The summed E-state index contributed by atoms with van der Waals surface area (Å²) in [7, 11) is 3.37. The average molecular weight is 306 g/mol. The molecule has 22 heavy (non-hydrogen) atoms. The first-order valence-electron chi connectivity index (χ1n) is 7.49. The topological polar surface area (TPSA) is 58.6 Å². The van der Waals surface area contributed by atoms with Crippen LogP contribution in [0, 0.1) is 12.8 Å². The lowest BCUT2D eigenvalue weighted by Crippen LogP contribution is -2.48. The zero-order valence-electron chi connectivity index (χ0n) is 14.1. The molecule has 0 unspecified atom stereocenters. The molecule has 1 N–H and O–H groups in total. The molecule has 0 radical (unpaired) electrons. The van der Waals surface area contributed by atoms with E-state index in [9.17, 15) is 9.59 Å². The van der Waals surface area contributed by atoms with Gasteiger partial charge in [0.15, 0.2) is 6.61 Å². The number of hydrogen-bond acceptors (Lipinski definition) is 3. The number of amides is 2. The Kier molecular flexibility index (Phi) is 6.89. The number of likely N-dealkylation sites (N-methyl/N-ethyl adjacent to an activating group) is 1. The van der Waals surface area contributed by atoms with Crippen molar-refractivity contribution >= 4 is 11.8 Å². The predicted octanol–water partition coefficient (Wildman–Crippen LogP) is 1.99. The van der Waals surface area contributed by atoms with Gasteiger partial charge < -0.3 is 15.0 Å². The Labute approximate surface area is 132 Å². The molecule has 0 aromatic heterocycles. The summed E-state index contributed by atoms with van der Waals surface area (Å²) in [6.45, 7) is 5.90. The minimum Gasteiger partial charge on any atom is -0.484 e. The molecule has 0 aliphatic carbocycles. The number of nitrogens with zero attached hydrogens (tertiary/aromatic N) is 1. The summed E-state index contributed by atoms with van der Waals surface area (Å²) in [6.07, 6.45) is 0.604. The normalized spacial score (nSPS) is 11.9. The van der Waals surface area contributed by atoms with Crippen LogP contribution in [0.2, 0.25) is 0 Å². The smallest absolute Gasteiger partial charge is 0.258 e. The van der Waals surface area contributed by atoms with Crippen molar-refractivity contribution in [3.05, 3.63) is 29.8 Å². The average Bonchev–Trinajstić information content (AvgIpc) is 2.43. The maximum Gasteiger partial charge on any atom is 0.258 e. The number of hydrogen-bond donors (Lipinski definition) is 1. The van der Waals surface area contributed by atoms with Crippen molar-refractivity contribution in [2.45, 2.75) is 33.2 Å². The highest BCUT2D eigenvalue weighted by atomic mass is 16.5. The summed E-state index contributed by atoms with van der Waals surface area (Å²) in [5.74, 6) is 0.571. The van der Waals surface area contributed by atoms with Crippen molar-refractivity contribution in [1.29, 1.82) is 0 Å². The van der Waals surface area contributed by atoms with E-state index >= 15 is 0 Å². The van der Waals surface area contributed by atoms with Crippen molar-refractivity contribution in [2.75, 3.05) is 20.7 Å². The Morgan fingerprint density at radius 2 is 1.95 bits per heavy atom. The summed E-state index contributed by atoms with van der Waals surface area (Å²) < 4.78 is 5.46. The van der Waals surface area contributed by atoms with E-state index in [1.165, 1.54) is 4.90 Å². The van der Waals surface area contributed by atoms with Crippen molar-refractivity contribution in [3.8, 4) is 5.75 Å². The van der Waals surface area contributed by atoms with Crippen LogP contribution in [0.5, 0.6) is 5.75 Å². The van der Waals surface area contributed by atoms with Gasteiger partial charge in [0.2, 0.25) is 5.91 Å². The van der Waals surface area contributed by atoms with Crippen LogP contribution < -0.4 is 10.1 Å². The Hall–Kier alpha value is -2.04. The van der Waals surface area contributed by atoms with Gasteiger partial charge in [0.1, 0.15) is 11.8 Å². The molecule has 1 rings (SSSR count). The highest BCUT2D eigenvalue weighted by molar-refractivity contribution is 5.87. The maximum atomic E-state index is 12.1. The Balaban J connectivity index is 2.57. The van der Waals surface area contributed by atoms with Gasteiger partial charge >= 0.3 is 0 Å². The fourth-order valence-electron chi connectivity index (χ4n) is 2.09. The fourth-order valence-corrected chi connectivity index (χ4v) is 2.09. The highest BCUT2D eigenvalue weighted by Gasteiger charge is 2.23. The standard InChI is InChI=1S/C17H26N2O3/c1-12(2)9-15(17(21)19(4)5)18-16(20)11-22-14-8-6-7-13(3)10-14/h6-8,10,12,15H,9,11H2,1-5H3,(H,18,20)/t15-/m0/s1. The number of rotatable bonds is 7. The number of nitrogens with one attached hydrogen (secondary N) is 1. The summed E-state index contributed by atoms with van der Waals surface area (Å²) in [5, 5.41) is 2.76. The lowest BCUT2D eigenvalue weighted by Gasteiger charge is -2.23. The number of carbonyl (C=O) groups excluding carboxylic acids is 2. The van der Waals surface area contributed by atoms with Crippen LogP contribution in [-0.2, 0) is 9.59 Å². The molecule has 5 heteroatoms. The Morgan fingerprint density at radius 3 is 2.50 bits per heavy atom. The molecule has 0 saturated heterocycles. The summed E-state index contributed by atoms with van der Waals surface area (Å²) in [6, 6.07) is 6.99. The molecule has 0 saturated carbocycles. The Morgan fingerprint density at radius 1 is 1.27 bits per heavy atom. The van der Waals surface area contributed by atoms with Crippen LogP contribution in [0.4, 0.5) is 0 Å². The van der Waals surface area contributed by atoms with Crippen LogP contribution in [-0.4, -0.2) is 43.5 Å². The minimum atomic E-state index is -0.511. The minimum absolute atomic E-state index is 0.0985. The Bertz CT molecular complexity index is 512. The molecule has 0 aliphatic rings. The molecule has 0 aliphatic heterocycles. The van der Waals surface area contributed by atoms with Crippen LogP contribution >= 0.6 is 0 Å². The zero-order valence-corrected chi connectivity index (χ0v) is 14.1. The van der Waals surface area contributed by atoms with Crippen molar-refractivity contribution in [3.63, 3.8) is 0 Å². The number of carbonyl (C=O) groups is 2. The third kappa shape index (κ3) is 6.16. The quantitative estimate of drug-likeness (QED) is 0.838. The van der Waals surface area contributed by atoms with Crippen LogP contribution in [0.15, 0.2) is 24.3 Å². The zero-order chi connectivity index (χ0) is 16.7. The molecule has 0 fully saturated rings. The van der Waals surface area contributed by atoms with Crippen molar-refractivity contribution < 1.29 is 14.3 Å². The molecule has 1 aromatic carbocycles. The lowest BCUT2D eigenvalue weighted by molar-refractivity contribution is -0.135. The molecule has 1 aromatic rings. The molecular weight excluding hydrogens is 280 g/mol. The second-order valence-corrected chi connectivity index (χ2v) is 6.09. The second-order valence-electron chi connectivity index (χ2n) is 6.09. The van der Waals surface area contributed by atoms with Crippen LogP contribution in [0.25, 0.3) is 0 Å². The van der Waals surface area contributed by atoms with Gasteiger partial charge in [0.05, 0.1) is 0 Å². The van der Waals surface area contributed by atoms with E-state index in [2.05, 4.69) is 5.32 Å². The van der Waals surface area contributed by atoms with Gasteiger partial charge in [-0.3, -0.25) is 9.59 Å². The predicted molar refractivity (Wildman–Crippen MR) is 86.8 cm³/mol. The summed E-state index contributed by atoms with van der Waals surface area (Å²) >= 11 is 0. The first-order chi connectivity index (χ1) is 10.3. The molecule has 0 spiro atoms.